The first-order valence-electron chi connectivity index (χ1n) is 9.64. The van der Waals surface area contributed by atoms with Crippen molar-refractivity contribution in [1.82, 2.24) is 0 Å². The van der Waals surface area contributed by atoms with Crippen molar-refractivity contribution in [2.24, 2.45) is 5.41 Å². The molecule has 0 unspecified atom stereocenters. The summed E-state index contributed by atoms with van der Waals surface area (Å²) >= 11 is 0. The summed E-state index contributed by atoms with van der Waals surface area (Å²) in [6.07, 6.45) is 1.85. The SMILES string of the molecule is CC(C)(C)CCOC(=O)CCc1cc(C(C)(C)C)c(O)c(C(C)(C)C)c1. The number of carbonyl (C=O) groups is 1. The summed E-state index contributed by atoms with van der Waals surface area (Å²) in [5.74, 6) is 0.221. The summed E-state index contributed by atoms with van der Waals surface area (Å²) in [6, 6.07) is 4.07. The van der Waals surface area contributed by atoms with Crippen LogP contribution in [0.1, 0.15) is 91.8 Å². The molecule has 3 heteroatoms. The highest BCUT2D eigenvalue weighted by Crippen LogP contribution is 2.40. The first-order valence-corrected chi connectivity index (χ1v) is 9.64. The average Bonchev–Trinajstić information content (AvgIpc) is 2.42. The molecule has 0 saturated carbocycles. The molecule has 0 fully saturated rings. The molecule has 0 heterocycles. The Morgan fingerprint density at radius 1 is 0.923 bits per heavy atom. The van der Waals surface area contributed by atoms with E-state index in [1.807, 2.05) is 12.1 Å². The van der Waals surface area contributed by atoms with Crippen LogP contribution in [0.5, 0.6) is 5.75 Å². The Bertz CT molecular complexity index is 587. The van der Waals surface area contributed by atoms with Crippen LogP contribution in [0.15, 0.2) is 12.1 Å². The quantitative estimate of drug-likeness (QED) is 0.663. The number of aromatic hydroxyl groups is 1. The summed E-state index contributed by atoms with van der Waals surface area (Å²) in [5, 5.41) is 10.8. The molecule has 0 spiro atoms. The molecule has 0 aliphatic carbocycles. The smallest absolute Gasteiger partial charge is 0.306 e. The molecule has 0 amide bonds. The van der Waals surface area contributed by atoms with E-state index >= 15 is 0 Å². The number of hydrogen-bond donors (Lipinski definition) is 1. The fraction of sp³-hybridized carbons (Fsp3) is 0.696. The number of phenolic OH excluding ortho intramolecular Hbond substituents is 1. The maximum Gasteiger partial charge on any atom is 0.306 e. The maximum atomic E-state index is 12.1. The molecule has 0 bridgehead atoms. The molecule has 0 saturated heterocycles. The molecule has 1 rings (SSSR count). The van der Waals surface area contributed by atoms with Gasteiger partial charge in [0, 0.05) is 6.42 Å². The van der Waals surface area contributed by atoms with E-state index in [1.165, 1.54) is 0 Å². The average molecular weight is 363 g/mol. The molecule has 0 aliphatic rings. The highest BCUT2D eigenvalue weighted by atomic mass is 16.5. The van der Waals surface area contributed by atoms with Crippen molar-refractivity contribution in [3.05, 3.63) is 28.8 Å². The second kappa shape index (κ2) is 8.02. The zero-order valence-electron chi connectivity index (χ0n) is 18.2. The lowest BCUT2D eigenvalue weighted by atomic mass is 9.78. The van der Waals surface area contributed by atoms with Crippen LogP contribution in [0.2, 0.25) is 0 Å². The zero-order chi connectivity index (χ0) is 20.3. The first-order chi connectivity index (χ1) is 11.6. The van der Waals surface area contributed by atoms with E-state index in [1.54, 1.807) is 0 Å². The summed E-state index contributed by atoms with van der Waals surface area (Å²) in [7, 11) is 0. The molecule has 1 aromatic carbocycles. The molecular formula is C23H38O3. The van der Waals surface area contributed by atoms with Gasteiger partial charge in [-0.25, -0.2) is 0 Å². The molecule has 0 radical (unpaired) electrons. The van der Waals surface area contributed by atoms with Crippen LogP contribution in [0.25, 0.3) is 0 Å². The molecular weight excluding hydrogens is 324 g/mol. The Labute approximate surface area is 160 Å². The Kier molecular flexibility index (Phi) is 6.95. The molecule has 3 nitrogen and oxygen atoms in total. The van der Waals surface area contributed by atoms with Gasteiger partial charge in [0.2, 0.25) is 0 Å². The van der Waals surface area contributed by atoms with Gasteiger partial charge in [-0.2, -0.15) is 0 Å². The summed E-state index contributed by atoms with van der Waals surface area (Å²) in [6.45, 7) is 19.5. The second-order valence-corrected chi connectivity index (χ2v) is 10.6. The van der Waals surface area contributed by atoms with Crippen molar-refractivity contribution in [3.8, 4) is 5.75 Å². The summed E-state index contributed by atoms with van der Waals surface area (Å²) in [4.78, 5) is 12.1. The topological polar surface area (TPSA) is 46.5 Å². The fourth-order valence-electron chi connectivity index (χ4n) is 2.77. The summed E-state index contributed by atoms with van der Waals surface area (Å²) < 4.78 is 5.37. The van der Waals surface area contributed by atoms with Gasteiger partial charge < -0.3 is 9.84 Å². The predicted molar refractivity (Wildman–Crippen MR) is 109 cm³/mol. The zero-order valence-corrected chi connectivity index (χ0v) is 18.2. The number of ether oxygens (including phenoxy) is 1. The van der Waals surface area contributed by atoms with Crippen molar-refractivity contribution in [2.45, 2.75) is 92.4 Å². The summed E-state index contributed by atoms with van der Waals surface area (Å²) in [5.41, 5.74) is 2.79. The van der Waals surface area contributed by atoms with Crippen LogP contribution < -0.4 is 0 Å². The van der Waals surface area contributed by atoms with Gasteiger partial charge >= 0.3 is 5.97 Å². The van der Waals surface area contributed by atoms with Crippen molar-refractivity contribution < 1.29 is 14.6 Å². The third kappa shape index (κ3) is 7.01. The number of rotatable bonds is 5. The van der Waals surface area contributed by atoms with Gasteiger partial charge in [0.15, 0.2) is 0 Å². The van der Waals surface area contributed by atoms with Crippen LogP contribution in [0, 0.1) is 5.41 Å². The number of benzene rings is 1. The van der Waals surface area contributed by atoms with E-state index in [0.29, 0.717) is 25.2 Å². The Hall–Kier alpha value is -1.51. The van der Waals surface area contributed by atoms with Gasteiger partial charge in [-0.15, -0.1) is 0 Å². The first kappa shape index (κ1) is 22.5. The predicted octanol–water partition coefficient (Wildman–Crippen LogP) is 5.90. The van der Waals surface area contributed by atoms with Gasteiger partial charge in [-0.05, 0) is 45.8 Å². The standard InChI is InChI=1S/C23H38O3/c1-21(2,3)12-13-26-19(24)11-10-16-14-17(22(4,5)6)20(25)18(15-16)23(7,8)9/h14-15,25H,10-13H2,1-9H3. The van der Waals surface area contributed by atoms with E-state index in [4.69, 9.17) is 4.74 Å². The van der Waals surface area contributed by atoms with Crippen molar-refractivity contribution in [1.29, 1.82) is 0 Å². The van der Waals surface area contributed by atoms with E-state index in [2.05, 4.69) is 62.3 Å². The Morgan fingerprint density at radius 2 is 1.38 bits per heavy atom. The van der Waals surface area contributed by atoms with Gasteiger partial charge in [0.05, 0.1) is 6.61 Å². The minimum absolute atomic E-state index is 0.156. The van der Waals surface area contributed by atoms with E-state index in [9.17, 15) is 9.90 Å². The van der Waals surface area contributed by atoms with Crippen LogP contribution in [-0.4, -0.2) is 17.7 Å². The molecule has 1 aromatic rings. The van der Waals surface area contributed by atoms with Crippen LogP contribution in [-0.2, 0) is 26.8 Å². The van der Waals surface area contributed by atoms with E-state index in [0.717, 1.165) is 23.1 Å². The number of hydrogen-bond acceptors (Lipinski definition) is 3. The van der Waals surface area contributed by atoms with E-state index < -0.39 is 0 Å². The minimum atomic E-state index is -0.159. The van der Waals surface area contributed by atoms with Crippen LogP contribution >= 0.6 is 0 Å². The van der Waals surface area contributed by atoms with E-state index in [-0.39, 0.29) is 22.2 Å². The van der Waals surface area contributed by atoms with Gasteiger partial charge in [0.1, 0.15) is 5.75 Å². The maximum absolute atomic E-state index is 12.1. The number of esters is 1. The van der Waals surface area contributed by atoms with Crippen LogP contribution in [0.4, 0.5) is 0 Å². The minimum Gasteiger partial charge on any atom is -0.507 e. The third-order valence-electron chi connectivity index (χ3n) is 4.52. The number of aryl methyl sites for hydroxylation is 1. The second-order valence-electron chi connectivity index (χ2n) is 10.6. The van der Waals surface area contributed by atoms with Gasteiger partial charge in [-0.3, -0.25) is 4.79 Å². The normalized spacial score (nSPS) is 13.0. The monoisotopic (exact) mass is 362 g/mol. The molecule has 0 atom stereocenters. The highest BCUT2D eigenvalue weighted by molar-refractivity contribution is 5.69. The highest BCUT2D eigenvalue weighted by Gasteiger charge is 2.26. The molecule has 0 aliphatic heterocycles. The largest absolute Gasteiger partial charge is 0.507 e. The van der Waals surface area contributed by atoms with Gasteiger partial charge in [-0.1, -0.05) is 74.4 Å². The van der Waals surface area contributed by atoms with Crippen LogP contribution in [0.3, 0.4) is 0 Å². The number of carbonyl (C=O) groups excluding carboxylic acids is 1. The Morgan fingerprint density at radius 3 is 1.77 bits per heavy atom. The molecule has 0 aromatic heterocycles. The lowest BCUT2D eigenvalue weighted by Crippen LogP contribution is -2.18. The Balaban J connectivity index is 2.91. The molecule has 26 heavy (non-hydrogen) atoms. The van der Waals surface area contributed by atoms with Gasteiger partial charge in [0.25, 0.3) is 0 Å². The lowest BCUT2D eigenvalue weighted by molar-refractivity contribution is -0.144. The number of phenols is 1. The fourth-order valence-corrected chi connectivity index (χ4v) is 2.77. The van der Waals surface area contributed by atoms with Crippen molar-refractivity contribution in [2.75, 3.05) is 6.61 Å². The molecule has 1 N–H and O–H groups in total. The van der Waals surface area contributed by atoms with Crippen molar-refractivity contribution in [3.63, 3.8) is 0 Å². The van der Waals surface area contributed by atoms with Crippen molar-refractivity contribution >= 4 is 5.97 Å². The lowest BCUT2D eigenvalue weighted by Gasteiger charge is -2.28. The molecule has 148 valence electrons. The third-order valence-corrected chi connectivity index (χ3v) is 4.52.